The Morgan fingerprint density at radius 3 is 2.68 bits per heavy atom. The van der Waals surface area contributed by atoms with Gasteiger partial charge < -0.3 is 14.4 Å². The molecule has 0 aliphatic carbocycles. The van der Waals surface area contributed by atoms with Crippen LogP contribution in [0.1, 0.15) is 18.1 Å². The Labute approximate surface area is 203 Å². The lowest BCUT2D eigenvalue weighted by Crippen LogP contribution is -2.38. The van der Waals surface area contributed by atoms with Crippen LogP contribution in [-0.4, -0.2) is 58.7 Å². The van der Waals surface area contributed by atoms with Crippen LogP contribution >= 0.6 is 11.8 Å². The zero-order valence-electron chi connectivity index (χ0n) is 19.2. The molecular formula is C26H26N4O3S. The van der Waals surface area contributed by atoms with Gasteiger partial charge in [0.2, 0.25) is 0 Å². The van der Waals surface area contributed by atoms with Gasteiger partial charge in [-0.15, -0.1) is 0 Å². The minimum atomic E-state index is -0.215. The van der Waals surface area contributed by atoms with E-state index >= 15 is 0 Å². The molecule has 3 aromatic rings. The third-order valence-electron chi connectivity index (χ3n) is 5.70. The second-order valence-electron chi connectivity index (χ2n) is 8.03. The highest BCUT2D eigenvalue weighted by Gasteiger charge is 2.28. The topological polar surface area (TPSA) is 68.9 Å². The van der Waals surface area contributed by atoms with Crippen LogP contribution in [0.2, 0.25) is 0 Å². The van der Waals surface area contributed by atoms with E-state index in [1.807, 2.05) is 79.3 Å². The van der Waals surface area contributed by atoms with E-state index in [1.165, 1.54) is 11.8 Å². The fourth-order valence-corrected chi connectivity index (χ4v) is 4.96. The quantitative estimate of drug-likeness (QED) is 0.506. The maximum absolute atomic E-state index is 12.8. The van der Waals surface area contributed by atoms with Crippen molar-refractivity contribution in [2.45, 2.75) is 13.8 Å². The van der Waals surface area contributed by atoms with E-state index < -0.39 is 0 Å². The van der Waals surface area contributed by atoms with Crippen molar-refractivity contribution < 1.29 is 14.3 Å². The van der Waals surface area contributed by atoms with Crippen LogP contribution in [0.3, 0.4) is 0 Å². The van der Waals surface area contributed by atoms with Crippen LogP contribution in [0, 0.1) is 6.92 Å². The number of aromatic nitrogens is 2. The summed E-state index contributed by atoms with van der Waals surface area (Å²) in [4.78, 5) is 19.8. The molecule has 1 aromatic heterocycles. The molecule has 2 aliphatic rings. The summed E-state index contributed by atoms with van der Waals surface area (Å²) in [6, 6.07) is 16.0. The molecule has 7 nitrogen and oxygen atoms in total. The molecule has 0 bridgehead atoms. The molecule has 0 spiro atoms. The highest BCUT2D eigenvalue weighted by atomic mass is 32.2. The first-order valence-corrected chi connectivity index (χ1v) is 12.2. The van der Waals surface area contributed by atoms with Gasteiger partial charge in [0.15, 0.2) is 5.17 Å². The number of morpholine rings is 1. The molecule has 1 amide bonds. The van der Waals surface area contributed by atoms with Gasteiger partial charge in [0, 0.05) is 30.4 Å². The molecule has 0 atom stereocenters. The van der Waals surface area contributed by atoms with Crippen LogP contribution in [0.4, 0.5) is 0 Å². The second kappa shape index (κ2) is 9.87. The van der Waals surface area contributed by atoms with Gasteiger partial charge in [0.1, 0.15) is 11.4 Å². The number of aryl methyl sites for hydroxylation is 1. The number of aliphatic imine (C=N–C) groups is 1. The highest BCUT2D eigenvalue weighted by molar-refractivity contribution is 8.18. The second-order valence-corrected chi connectivity index (χ2v) is 9.04. The summed E-state index contributed by atoms with van der Waals surface area (Å²) in [6.45, 7) is 7.42. The number of para-hydroxylation sites is 1. The minimum absolute atomic E-state index is 0.215. The van der Waals surface area contributed by atoms with Crippen molar-refractivity contribution in [2.75, 3.05) is 32.9 Å². The van der Waals surface area contributed by atoms with Crippen LogP contribution in [0.15, 0.2) is 64.6 Å². The molecule has 2 aromatic carbocycles. The normalized spacial score (nSPS) is 17.4. The van der Waals surface area contributed by atoms with Gasteiger partial charge in [-0.05, 0) is 67.6 Å². The lowest BCUT2D eigenvalue weighted by atomic mass is 10.0. The van der Waals surface area contributed by atoms with Crippen molar-refractivity contribution in [1.82, 2.24) is 14.7 Å². The molecule has 3 heterocycles. The van der Waals surface area contributed by atoms with E-state index in [-0.39, 0.29) is 5.91 Å². The van der Waals surface area contributed by atoms with E-state index in [0.717, 1.165) is 52.1 Å². The number of hydrogen-bond donors (Lipinski definition) is 0. The number of hydrogen-bond acceptors (Lipinski definition) is 6. The van der Waals surface area contributed by atoms with Gasteiger partial charge in [-0.3, -0.25) is 4.79 Å². The summed E-state index contributed by atoms with van der Waals surface area (Å²) >= 11 is 1.42. The summed E-state index contributed by atoms with van der Waals surface area (Å²) in [5.41, 5.74) is 4.68. The van der Waals surface area contributed by atoms with Crippen LogP contribution in [0.25, 0.3) is 23.0 Å². The standard InChI is InChI=1S/C26H26N4O3S/c1-3-33-21-9-10-22(18(2)15-21)24-19(17-30(28-24)20-7-5-4-6-8-20)16-23-25(31)27-26(34-23)29-11-13-32-14-12-29/h4-10,15-17H,3,11-14H2,1-2H3/b23-16+. The fourth-order valence-electron chi connectivity index (χ4n) is 4.00. The maximum Gasteiger partial charge on any atom is 0.286 e. The number of carbonyl (C=O) groups excluding carboxylic acids is 1. The third-order valence-corrected chi connectivity index (χ3v) is 6.75. The van der Waals surface area contributed by atoms with Crippen molar-refractivity contribution in [1.29, 1.82) is 0 Å². The predicted molar refractivity (Wildman–Crippen MR) is 135 cm³/mol. The van der Waals surface area contributed by atoms with Crippen LogP contribution < -0.4 is 4.74 Å². The summed E-state index contributed by atoms with van der Waals surface area (Å²) < 4.78 is 12.9. The Morgan fingerprint density at radius 1 is 1.15 bits per heavy atom. The number of ether oxygens (including phenoxy) is 2. The number of rotatable bonds is 5. The van der Waals surface area contributed by atoms with E-state index in [9.17, 15) is 4.79 Å². The van der Waals surface area contributed by atoms with E-state index in [1.54, 1.807) is 0 Å². The SMILES string of the molecule is CCOc1ccc(-c2nn(-c3ccccc3)cc2/C=C2/SC(N3CCOCC3)=NC2=O)c(C)c1. The molecular weight excluding hydrogens is 448 g/mol. The molecule has 34 heavy (non-hydrogen) atoms. The predicted octanol–water partition coefficient (Wildman–Crippen LogP) is 4.55. The van der Waals surface area contributed by atoms with Gasteiger partial charge >= 0.3 is 0 Å². The molecule has 8 heteroatoms. The summed E-state index contributed by atoms with van der Waals surface area (Å²) in [5, 5.41) is 5.65. The average molecular weight is 475 g/mol. The molecule has 1 fully saturated rings. The number of nitrogens with zero attached hydrogens (tertiary/aromatic N) is 4. The maximum atomic E-state index is 12.8. The van der Waals surface area contributed by atoms with Gasteiger partial charge in [-0.1, -0.05) is 18.2 Å². The van der Waals surface area contributed by atoms with E-state index in [4.69, 9.17) is 14.6 Å². The van der Waals surface area contributed by atoms with Crippen molar-refractivity contribution in [3.8, 4) is 22.7 Å². The fraction of sp³-hybridized carbons (Fsp3) is 0.269. The first-order valence-electron chi connectivity index (χ1n) is 11.4. The number of carbonyl (C=O) groups is 1. The smallest absolute Gasteiger partial charge is 0.286 e. The van der Waals surface area contributed by atoms with Crippen molar-refractivity contribution >= 4 is 28.9 Å². The van der Waals surface area contributed by atoms with E-state index in [0.29, 0.717) is 24.7 Å². The monoisotopic (exact) mass is 474 g/mol. The molecule has 0 radical (unpaired) electrons. The number of amidine groups is 1. The molecule has 2 aliphatic heterocycles. The Bertz CT molecular complexity index is 1260. The molecule has 5 rings (SSSR count). The van der Waals surface area contributed by atoms with Gasteiger partial charge in [-0.25, -0.2) is 4.68 Å². The highest BCUT2D eigenvalue weighted by Crippen LogP contribution is 2.35. The van der Waals surface area contributed by atoms with Crippen LogP contribution in [0.5, 0.6) is 5.75 Å². The van der Waals surface area contributed by atoms with Crippen molar-refractivity contribution in [3.05, 3.63) is 70.8 Å². The molecule has 0 saturated carbocycles. The Hall–Kier alpha value is -3.36. The third kappa shape index (κ3) is 4.64. The largest absolute Gasteiger partial charge is 0.494 e. The Balaban J connectivity index is 1.53. The number of benzene rings is 2. The molecule has 1 saturated heterocycles. The zero-order valence-corrected chi connectivity index (χ0v) is 20.0. The van der Waals surface area contributed by atoms with Gasteiger partial charge in [0.05, 0.1) is 30.4 Å². The van der Waals surface area contributed by atoms with Gasteiger partial charge in [0.25, 0.3) is 5.91 Å². The Kier molecular flexibility index (Phi) is 6.51. The molecule has 0 unspecified atom stereocenters. The van der Waals surface area contributed by atoms with Crippen molar-refractivity contribution in [3.63, 3.8) is 0 Å². The van der Waals surface area contributed by atoms with Crippen LogP contribution in [-0.2, 0) is 9.53 Å². The lowest BCUT2D eigenvalue weighted by molar-refractivity contribution is -0.113. The molecule has 0 N–H and O–H groups in total. The first kappa shape index (κ1) is 22.4. The zero-order chi connectivity index (χ0) is 23.5. The lowest BCUT2D eigenvalue weighted by Gasteiger charge is -2.27. The number of amides is 1. The summed E-state index contributed by atoms with van der Waals surface area (Å²) in [6.07, 6.45) is 3.87. The number of thioether (sulfide) groups is 1. The van der Waals surface area contributed by atoms with E-state index in [2.05, 4.69) is 9.89 Å². The van der Waals surface area contributed by atoms with Crippen molar-refractivity contribution in [2.24, 2.45) is 4.99 Å². The minimum Gasteiger partial charge on any atom is -0.494 e. The average Bonchev–Trinajstić information content (AvgIpc) is 3.44. The Morgan fingerprint density at radius 2 is 1.94 bits per heavy atom. The summed E-state index contributed by atoms with van der Waals surface area (Å²) in [7, 11) is 0. The summed E-state index contributed by atoms with van der Waals surface area (Å²) in [5.74, 6) is 0.615. The first-order chi connectivity index (χ1) is 16.6. The van der Waals surface area contributed by atoms with Gasteiger partial charge in [-0.2, -0.15) is 10.1 Å². The molecule has 174 valence electrons.